The van der Waals surface area contributed by atoms with E-state index in [-0.39, 0.29) is 11.7 Å². The Morgan fingerprint density at radius 2 is 1.62 bits per heavy atom. The van der Waals surface area contributed by atoms with Gasteiger partial charge in [0.25, 0.3) is 0 Å². The lowest BCUT2D eigenvalue weighted by atomic mass is 10.1. The topological polar surface area (TPSA) is 32.3 Å². The minimum absolute atomic E-state index is 0.160. The molecule has 2 aromatic carbocycles. The van der Waals surface area contributed by atoms with Gasteiger partial charge in [-0.3, -0.25) is 9.69 Å². The highest BCUT2D eigenvalue weighted by molar-refractivity contribution is 5.91. The molecule has 1 fully saturated rings. The van der Waals surface area contributed by atoms with E-state index in [4.69, 9.17) is 0 Å². The highest BCUT2D eigenvalue weighted by Crippen LogP contribution is 2.13. The Morgan fingerprint density at radius 3 is 2.31 bits per heavy atom. The normalized spacial score (nSPS) is 15.3. The summed E-state index contributed by atoms with van der Waals surface area (Å²) >= 11 is 0. The van der Waals surface area contributed by atoms with Crippen molar-refractivity contribution >= 4 is 12.0 Å². The Labute approximate surface area is 154 Å². The molecule has 0 saturated carbocycles. The Morgan fingerprint density at radius 1 is 0.962 bits per heavy atom. The van der Waals surface area contributed by atoms with Crippen LogP contribution in [0, 0.1) is 5.82 Å². The third-order valence-electron chi connectivity index (χ3n) is 4.64. The van der Waals surface area contributed by atoms with Crippen LogP contribution in [0.3, 0.4) is 0 Å². The average molecular weight is 352 g/mol. The first-order valence-corrected chi connectivity index (χ1v) is 9.21. The number of nitrogens with one attached hydrogen (secondary N) is 1. The summed E-state index contributed by atoms with van der Waals surface area (Å²) in [6.45, 7) is 3.89. The second kappa shape index (κ2) is 9.30. The van der Waals surface area contributed by atoms with Crippen molar-refractivity contribution in [2.45, 2.75) is 32.4 Å². The van der Waals surface area contributed by atoms with Crippen LogP contribution in [0.25, 0.3) is 6.08 Å². The van der Waals surface area contributed by atoms with Gasteiger partial charge in [-0.2, -0.15) is 0 Å². The largest absolute Gasteiger partial charge is 0.348 e. The molecular formula is C22H25FN2O. The molecule has 0 aromatic heterocycles. The van der Waals surface area contributed by atoms with E-state index in [0.717, 1.165) is 17.7 Å². The zero-order valence-corrected chi connectivity index (χ0v) is 15.0. The van der Waals surface area contributed by atoms with Crippen molar-refractivity contribution in [2.24, 2.45) is 0 Å². The number of piperidine rings is 1. The molecule has 4 heteroatoms. The minimum atomic E-state index is -0.282. The summed E-state index contributed by atoms with van der Waals surface area (Å²) in [7, 11) is 0. The van der Waals surface area contributed by atoms with Gasteiger partial charge in [0, 0.05) is 19.2 Å². The molecule has 0 aliphatic carbocycles. The Kier molecular flexibility index (Phi) is 6.56. The average Bonchev–Trinajstić information content (AvgIpc) is 2.68. The molecule has 3 nitrogen and oxygen atoms in total. The molecule has 3 rings (SSSR count). The first-order chi connectivity index (χ1) is 12.7. The summed E-state index contributed by atoms with van der Waals surface area (Å²) in [4.78, 5) is 14.4. The molecule has 0 atom stereocenters. The zero-order valence-electron chi connectivity index (χ0n) is 15.0. The van der Waals surface area contributed by atoms with Crippen LogP contribution in [-0.2, 0) is 17.9 Å². The predicted octanol–water partition coefficient (Wildman–Crippen LogP) is 4.14. The van der Waals surface area contributed by atoms with Gasteiger partial charge in [0.05, 0.1) is 0 Å². The standard InChI is InChI=1S/C22H25FN2O/c23-21-11-8-18(9-12-21)10-13-22(26)24-16-19-4-6-20(7-5-19)17-25-14-2-1-3-15-25/h4-13H,1-3,14-17H2,(H,24,26)/b13-10+. The lowest BCUT2D eigenvalue weighted by molar-refractivity contribution is -0.116. The number of carbonyl (C=O) groups excluding carboxylic acids is 1. The van der Waals surface area contributed by atoms with E-state index in [1.165, 1.54) is 56.1 Å². The van der Waals surface area contributed by atoms with E-state index < -0.39 is 0 Å². The van der Waals surface area contributed by atoms with Crippen LogP contribution in [0.2, 0.25) is 0 Å². The van der Waals surface area contributed by atoms with Crippen molar-refractivity contribution < 1.29 is 9.18 Å². The number of nitrogens with zero attached hydrogens (tertiary/aromatic N) is 1. The fourth-order valence-corrected chi connectivity index (χ4v) is 3.13. The van der Waals surface area contributed by atoms with Crippen molar-refractivity contribution in [1.82, 2.24) is 10.2 Å². The highest BCUT2D eigenvalue weighted by atomic mass is 19.1. The number of amides is 1. The van der Waals surface area contributed by atoms with Crippen molar-refractivity contribution in [3.63, 3.8) is 0 Å². The second-order valence-electron chi connectivity index (χ2n) is 6.76. The van der Waals surface area contributed by atoms with Crippen LogP contribution in [0.4, 0.5) is 4.39 Å². The number of hydrogen-bond acceptors (Lipinski definition) is 2. The highest BCUT2D eigenvalue weighted by Gasteiger charge is 2.10. The van der Waals surface area contributed by atoms with Gasteiger partial charge in [0.15, 0.2) is 0 Å². The summed E-state index contributed by atoms with van der Waals surface area (Å²) < 4.78 is 12.8. The summed E-state index contributed by atoms with van der Waals surface area (Å²) in [6, 6.07) is 14.5. The van der Waals surface area contributed by atoms with Crippen molar-refractivity contribution in [1.29, 1.82) is 0 Å². The van der Waals surface area contributed by atoms with Gasteiger partial charge in [0.2, 0.25) is 5.91 Å². The van der Waals surface area contributed by atoms with Gasteiger partial charge in [-0.25, -0.2) is 4.39 Å². The molecule has 0 bridgehead atoms. The number of halogens is 1. The van der Waals surface area contributed by atoms with Gasteiger partial charge < -0.3 is 5.32 Å². The molecule has 26 heavy (non-hydrogen) atoms. The first-order valence-electron chi connectivity index (χ1n) is 9.21. The lowest BCUT2D eigenvalue weighted by Crippen LogP contribution is -2.29. The molecular weight excluding hydrogens is 327 g/mol. The number of benzene rings is 2. The van der Waals surface area contributed by atoms with Crippen molar-refractivity contribution in [3.8, 4) is 0 Å². The molecule has 1 aliphatic rings. The number of likely N-dealkylation sites (tertiary alicyclic amines) is 1. The molecule has 1 N–H and O–H groups in total. The number of hydrogen-bond donors (Lipinski definition) is 1. The van der Waals surface area contributed by atoms with Crippen LogP contribution >= 0.6 is 0 Å². The molecule has 2 aromatic rings. The zero-order chi connectivity index (χ0) is 18.2. The second-order valence-corrected chi connectivity index (χ2v) is 6.76. The van der Waals surface area contributed by atoms with E-state index in [2.05, 4.69) is 34.5 Å². The quantitative estimate of drug-likeness (QED) is 0.793. The molecule has 0 unspecified atom stereocenters. The van der Waals surface area contributed by atoms with Crippen molar-refractivity contribution in [3.05, 3.63) is 77.1 Å². The van der Waals surface area contributed by atoms with Gasteiger partial charge in [-0.05, 0) is 60.8 Å². The molecule has 1 amide bonds. The maximum absolute atomic E-state index is 12.8. The Bertz CT molecular complexity index is 732. The SMILES string of the molecule is O=C(/C=C/c1ccc(F)cc1)NCc1ccc(CN2CCCCC2)cc1. The fraction of sp³-hybridized carbons (Fsp3) is 0.318. The van der Waals surface area contributed by atoms with Gasteiger partial charge in [-0.1, -0.05) is 42.8 Å². The van der Waals surface area contributed by atoms with E-state index in [1.807, 2.05) is 0 Å². The molecule has 1 aliphatic heterocycles. The van der Waals surface area contributed by atoms with Crippen molar-refractivity contribution in [2.75, 3.05) is 13.1 Å². The minimum Gasteiger partial charge on any atom is -0.348 e. The van der Waals surface area contributed by atoms with Crippen LogP contribution in [0.15, 0.2) is 54.6 Å². The molecule has 0 radical (unpaired) electrons. The molecule has 136 valence electrons. The monoisotopic (exact) mass is 352 g/mol. The summed E-state index contributed by atoms with van der Waals surface area (Å²) in [5, 5.41) is 2.87. The van der Waals surface area contributed by atoms with Crippen LogP contribution < -0.4 is 5.32 Å². The predicted molar refractivity (Wildman–Crippen MR) is 103 cm³/mol. The molecule has 1 saturated heterocycles. The van der Waals surface area contributed by atoms with Gasteiger partial charge >= 0.3 is 0 Å². The Balaban J connectivity index is 1.45. The van der Waals surface area contributed by atoms with Gasteiger partial charge in [0.1, 0.15) is 5.82 Å². The summed E-state index contributed by atoms with van der Waals surface area (Å²) in [6.07, 6.45) is 7.10. The lowest BCUT2D eigenvalue weighted by Gasteiger charge is -2.26. The molecule has 0 spiro atoms. The van der Waals surface area contributed by atoms with Crippen LogP contribution in [0.1, 0.15) is 36.0 Å². The van der Waals surface area contributed by atoms with E-state index >= 15 is 0 Å². The molecule has 1 heterocycles. The van der Waals surface area contributed by atoms with E-state index in [1.54, 1.807) is 18.2 Å². The maximum Gasteiger partial charge on any atom is 0.244 e. The number of rotatable bonds is 6. The van der Waals surface area contributed by atoms with E-state index in [0.29, 0.717) is 6.54 Å². The summed E-state index contributed by atoms with van der Waals surface area (Å²) in [5.74, 6) is -0.443. The van der Waals surface area contributed by atoms with Gasteiger partial charge in [-0.15, -0.1) is 0 Å². The Hall–Kier alpha value is -2.46. The third kappa shape index (κ3) is 5.81. The van der Waals surface area contributed by atoms with E-state index in [9.17, 15) is 9.18 Å². The number of carbonyl (C=O) groups is 1. The summed E-state index contributed by atoms with van der Waals surface area (Å²) in [5.41, 5.74) is 3.19. The fourth-order valence-electron chi connectivity index (χ4n) is 3.13. The maximum atomic E-state index is 12.8. The smallest absolute Gasteiger partial charge is 0.244 e. The first kappa shape index (κ1) is 18.3. The van der Waals surface area contributed by atoms with Crippen LogP contribution in [-0.4, -0.2) is 23.9 Å². The van der Waals surface area contributed by atoms with Crippen LogP contribution in [0.5, 0.6) is 0 Å². The third-order valence-corrected chi connectivity index (χ3v) is 4.64.